The summed E-state index contributed by atoms with van der Waals surface area (Å²) in [6.45, 7) is 5.83. The van der Waals surface area contributed by atoms with Gasteiger partial charge in [-0.3, -0.25) is 4.79 Å². The molecule has 1 atom stereocenters. The van der Waals surface area contributed by atoms with Crippen LogP contribution in [0.25, 0.3) is 0 Å². The molecule has 3 nitrogen and oxygen atoms in total. The highest BCUT2D eigenvalue weighted by molar-refractivity contribution is 7.80. The Morgan fingerprint density at radius 1 is 1.47 bits per heavy atom. The lowest BCUT2D eigenvalue weighted by atomic mass is 10.0. The second-order valence-electron chi connectivity index (χ2n) is 4.29. The summed E-state index contributed by atoms with van der Waals surface area (Å²) < 4.78 is 0. The molecular formula is C13H18N2OS. The minimum Gasteiger partial charge on any atom is -0.393 e. The summed E-state index contributed by atoms with van der Waals surface area (Å²) in [6, 6.07) is 5.66. The minimum absolute atomic E-state index is 0.0417. The third-order valence-electron chi connectivity index (χ3n) is 2.73. The third kappa shape index (κ3) is 3.82. The first-order chi connectivity index (χ1) is 7.91. The van der Waals surface area contributed by atoms with Crippen LogP contribution in [0.15, 0.2) is 18.2 Å². The van der Waals surface area contributed by atoms with Crippen LogP contribution in [0.4, 0.5) is 0 Å². The van der Waals surface area contributed by atoms with E-state index < -0.39 is 0 Å². The van der Waals surface area contributed by atoms with E-state index in [4.69, 9.17) is 18.0 Å². The Bertz CT molecular complexity index is 443. The molecule has 0 spiro atoms. The standard InChI is InChI=1S/C13H18N2OS/c1-8-5-4-6-11(10(8)3)13(16)15-9(2)7-12(14)17/h4-6,9H,7H2,1-3H3,(H2,14,17)(H,15,16). The topological polar surface area (TPSA) is 55.1 Å². The first-order valence-electron chi connectivity index (χ1n) is 5.57. The van der Waals surface area contributed by atoms with Gasteiger partial charge in [-0.15, -0.1) is 0 Å². The van der Waals surface area contributed by atoms with Crippen LogP contribution in [0.1, 0.15) is 34.8 Å². The van der Waals surface area contributed by atoms with Gasteiger partial charge in [-0.05, 0) is 38.0 Å². The van der Waals surface area contributed by atoms with Gasteiger partial charge in [-0.25, -0.2) is 0 Å². The monoisotopic (exact) mass is 250 g/mol. The molecule has 0 aromatic heterocycles. The van der Waals surface area contributed by atoms with Crippen LogP contribution in [-0.2, 0) is 0 Å². The molecule has 0 aliphatic rings. The van der Waals surface area contributed by atoms with Gasteiger partial charge in [0.2, 0.25) is 0 Å². The summed E-state index contributed by atoms with van der Waals surface area (Å²) in [5.74, 6) is -0.0741. The van der Waals surface area contributed by atoms with Gasteiger partial charge < -0.3 is 11.1 Å². The molecule has 1 aromatic carbocycles. The summed E-state index contributed by atoms with van der Waals surface area (Å²) in [7, 11) is 0. The fraction of sp³-hybridized carbons (Fsp3) is 0.385. The smallest absolute Gasteiger partial charge is 0.251 e. The second-order valence-corrected chi connectivity index (χ2v) is 4.82. The van der Waals surface area contributed by atoms with E-state index in [1.165, 1.54) is 0 Å². The Labute approximate surface area is 107 Å². The Balaban J connectivity index is 2.77. The first-order valence-corrected chi connectivity index (χ1v) is 5.98. The Hall–Kier alpha value is -1.42. The van der Waals surface area contributed by atoms with Gasteiger partial charge in [0.25, 0.3) is 5.91 Å². The van der Waals surface area contributed by atoms with Crippen LogP contribution in [-0.4, -0.2) is 16.9 Å². The van der Waals surface area contributed by atoms with E-state index in [9.17, 15) is 4.79 Å². The van der Waals surface area contributed by atoms with Gasteiger partial charge in [0.05, 0.1) is 4.99 Å². The van der Waals surface area contributed by atoms with E-state index in [1.54, 1.807) is 0 Å². The van der Waals surface area contributed by atoms with E-state index in [-0.39, 0.29) is 11.9 Å². The van der Waals surface area contributed by atoms with Crippen molar-refractivity contribution in [3.05, 3.63) is 34.9 Å². The second kappa shape index (κ2) is 5.77. The summed E-state index contributed by atoms with van der Waals surface area (Å²) in [6.07, 6.45) is 0.520. The largest absolute Gasteiger partial charge is 0.393 e. The lowest BCUT2D eigenvalue weighted by Gasteiger charge is -2.14. The van der Waals surface area contributed by atoms with Crippen LogP contribution in [0.3, 0.4) is 0 Å². The highest BCUT2D eigenvalue weighted by Crippen LogP contribution is 2.12. The number of carbonyl (C=O) groups is 1. The molecule has 0 heterocycles. The van der Waals surface area contributed by atoms with Crippen molar-refractivity contribution in [3.63, 3.8) is 0 Å². The van der Waals surface area contributed by atoms with E-state index in [0.717, 1.165) is 11.1 Å². The average molecular weight is 250 g/mol. The highest BCUT2D eigenvalue weighted by atomic mass is 32.1. The normalized spacial score (nSPS) is 11.9. The van der Waals surface area contributed by atoms with E-state index in [1.807, 2.05) is 39.0 Å². The van der Waals surface area contributed by atoms with Gasteiger partial charge in [0.15, 0.2) is 0 Å². The molecule has 0 aliphatic heterocycles. The molecule has 1 amide bonds. The minimum atomic E-state index is -0.0741. The molecule has 0 fully saturated rings. The number of nitrogens with two attached hydrogens (primary N) is 1. The van der Waals surface area contributed by atoms with E-state index >= 15 is 0 Å². The number of hydrogen-bond donors (Lipinski definition) is 2. The van der Waals surface area contributed by atoms with Crippen molar-refractivity contribution in [2.24, 2.45) is 5.73 Å². The summed E-state index contributed by atoms with van der Waals surface area (Å²) >= 11 is 4.81. The average Bonchev–Trinajstić information content (AvgIpc) is 2.20. The van der Waals surface area contributed by atoms with Crippen LogP contribution in [0.2, 0.25) is 0 Å². The SMILES string of the molecule is Cc1cccc(C(=O)NC(C)CC(N)=S)c1C. The number of amides is 1. The molecule has 0 radical (unpaired) electrons. The van der Waals surface area contributed by atoms with Gasteiger partial charge >= 0.3 is 0 Å². The third-order valence-corrected chi connectivity index (χ3v) is 2.90. The molecule has 1 unspecified atom stereocenters. The lowest BCUT2D eigenvalue weighted by molar-refractivity contribution is 0.0940. The zero-order valence-corrected chi connectivity index (χ0v) is 11.2. The van der Waals surface area contributed by atoms with Crippen LogP contribution < -0.4 is 11.1 Å². The molecule has 0 aliphatic carbocycles. The number of aryl methyl sites for hydroxylation is 1. The van der Waals surface area contributed by atoms with Gasteiger partial charge in [-0.1, -0.05) is 24.4 Å². The van der Waals surface area contributed by atoms with Gasteiger partial charge in [0, 0.05) is 18.0 Å². The molecule has 0 saturated carbocycles. The molecule has 4 heteroatoms. The molecule has 17 heavy (non-hydrogen) atoms. The van der Waals surface area contributed by atoms with Gasteiger partial charge in [-0.2, -0.15) is 0 Å². The van der Waals surface area contributed by atoms with Crippen molar-refractivity contribution >= 4 is 23.1 Å². The van der Waals surface area contributed by atoms with Crippen molar-refractivity contribution in [2.45, 2.75) is 33.2 Å². The molecule has 3 N–H and O–H groups in total. The predicted molar refractivity (Wildman–Crippen MR) is 74.2 cm³/mol. The molecule has 1 rings (SSSR count). The molecule has 0 saturated heterocycles. The van der Waals surface area contributed by atoms with Crippen molar-refractivity contribution in [1.29, 1.82) is 0 Å². The zero-order chi connectivity index (χ0) is 13.0. The number of benzene rings is 1. The predicted octanol–water partition coefficient (Wildman–Crippen LogP) is 2.10. The van der Waals surface area contributed by atoms with E-state index in [0.29, 0.717) is 17.0 Å². The Morgan fingerprint density at radius 3 is 2.71 bits per heavy atom. The number of hydrogen-bond acceptors (Lipinski definition) is 2. The van der Waals surface area contributed by atoms with E-state index in [2.05, 4.69) is 5.32 Å². The first kappa shape index (κ1) is 13.6. The molecule has 0 bridgehead atoms. The number of rotatable bonds is 4. The molecule has 1 aromatic rings. The Morgan fingerprint density at radius 2 is 2.12 bits per heavy atom. The van der Waals surface area contributed by atoms with Crippen molar-refractivity contribution in [1.82, 2.24) is 5.32 Å². The summed E-state index contributed by atoms with van der Waals surface area (Å²) in [5, 5.41) is 2.89. The van der Waals surface area contributed by atoms with Crippen LogP contribution in [0, 0.1) is 13.8 Å². The maximum atomic E-state index is 12.0. The van der Waals surface area contributed by atoms with Crippen molar-refractivity contribution in [3.8, 4) is 0 Å². The Kier molecular flexibility index (Phi) is 4.63. The molecule has 92 valence electrons. The summed E-state index contributed by atoms with van der Waals surface area (Å²) in [4.78, 5) is 12.4. The number of thiocarbonyl (C=S) groups is 1. The lowest BCUT2D eigenvalue weighted by Crippen LogP contribution is -2.35. The fourth-order valence-electron chi connectivity index (χ4n) is 1.65. The number of nitrogens with one attached hydrogen (secondary N) is 1. The fourth-order valence-corrected chi connectivity index (χ4v) is 1.90. The van der Waals surface area contributed by atoms with Gasteiger partial charge in [0.1, 0.15) is 0 Å². The zero-order valence-electron chi connectivity index (χ0n) is 10.4. The maximum Gasteiger partial charge on any atom is 0.251 e. The van der Waals surface area contributed by atoms with Crippen molar-refractivity contribution < 1.29 is 4.79 Å². The van der Waals surface area contributed by atoms with Crippen LogP contribution in [0.5, 0.6) is 0 Å². The van der Waals surface area contributed by atoms with Crippen LogP contribution >= 0.6 is 12.2 Å². The maximum absolute atomic E-state index is 12.0. The quantitative estimate of drug-likeness (QED) is 0.805. The summed E-state index contributed by atoms with van der Waals surface area (Å²) in [5.41, 5.74) is 8.27. The molecular weight excluding hydrogens is 232 g/mol. The number of carbonyl (C=O) groups excluding carboxylic acids is 1. The highest BCUT2D eigenvalue weighted by Gasteiger charge is 2.13. The van der Waals surface area contributed by atoms with Crippen molar-refractivity contribution in [2.75, 3.05) is 0 Å².